The minimum atomic E-state index is -0.778. The van der Waals surface area contributed by atoms with E-state index in [0.717, 1.165) is 31.9 Å². The first kappa shape index (κ1) is 16.2. The van der Waals surface area contributed by atoms with Crippen molar-refractivity contribution in [2.45, 2.75) is 31.7 Å². The summed E-state index contributed by atoms with van der Waals surface area (Å²) in [5.41, 5.74) is 1.08. The fourth-order valence-corrected chi connectivity index (χ4v) is 4.70. The number of aromatic amines is 1. The van der Waals surface area contributed by atoms with E-state index in [1.807, 2.05) is 0 Å². The van der Waals surface area contributed by atoms with E-state index >= 15 is 0 Å². The van der Waals surface area contributed by atoms with E-state index in [-0.39, 0.29) is 29.8 Å². The van der Waals surface area contributed by atoms with E-state index in [1.165, 1.54) is 6.07 Å². The molecule has 3 aliphatic carbocycles. The minimum absolute atomic E-state index is 0.188. The van der Waals surface area contributed by atoms with E-state index in [4.69, 9.17) is 4.42 Å². The quantitative estimate of drug-likeness (QED) is 0.645. The van der Waals surface area contributed by atoms with Crippen molar-refractivity contribution in [2.24, 2.45) is 17.8 Å². The van der Waals surface area contributed by atoms with Gasteiger partial charge in [0.15, 0.2) is 0 Å². The standard InChI is InChI=1S/C18H18FN5O3/c19-10-5-11-12(7-21-15(11)20-6-10)16-23-24-18(27-16)22-14-9-3-1-8(2-4-9)13(14)17(25)26/h5-9,13-14H,1-4H2,(H,20,21)(H,22,24)(H,25,26)/t8?,9?,13-,14?/m0/s1. The van der Waals surface area contributed by atoms with Crippen LogP contribution in [0.3, 0.4) is 0 Å². The number of carboxylic acids is 1. The number of pyridine rings is 1. The third-order valence-corrected chi connectivity index (χ3v) is 5.95. The van der Waals surface area contributed by atoms with Crippen molar-refractivity contribution in [3.8, 4) is 11.5 Å². The lowest BCUT2D eigenvalue weighted by atomic mass is 9.61. The van der Waals surface area contributed by atoms with Crippen LogP contribution < -0.4 is 5.32 Å². The molecule has 3 saturated carbocycles. The number of fused-ring (bicyclic) bond motifs is 4. The third-order valence-electron chi connectivity index (χ3n) is 5.95. The molecule has 3 heterocycles. The van der Waals surface area contributed by atoms with Gasteiger partial charge in [-0.05, 0) is 43.6 Å². The van der Waals surface area contributed by atoms with Crippen molar-refractivity contribution in [1.29, 1.82) is 0 Å². The average molecular weight is 371 g/mol. The largest absolute Gasteiger partial charge is 0.481 e. The zero-order chi connectivity index (χ0) is 18.5. The van der Waals surface area contributed by atoms with Gasteiger partial charge in [-0.15, -0.1) is 5.10 Å². The Morgan fingerprint density at radius 1 is 1.26 bits per heavy atom. The predicted molar refractivity (Wildman–Crippen MR) is 93.3 cm³/mol. The molecule has 0 aromatic carbocycles. The van der Waals surface area contributed by atoms with Crippen molar-refractivity contribution in [3.05, 3.63) is 24.3 Å². The monoisotopic (exact) mass is 371 g/mol. The molecule has 0 amide bonds. The number of hydrogen-bond acceptors (Lipinski definition) is 6. The Bertz CT molecular complexity index is 1010. The molecule has 3 N–H and O–H groups in total. The Morgan fingerprint density at radius 2 is 2.04 bits per heavy atom. The fourth-order valence-electron chi connectivity index (χ4n) is 4.70. The Labute approximate surface area is 153 Å². The Hall–Kier alpha value is -2.97. The lowest BCUT2D eigenvalue weighted by Gasteiger charge is -2.46. The number of nitrogens with one attached hydrogen (secondary N) is 2. The molecule has 2 bridgehead atoms. The number of carbonyl (C=O) groups is 1. The maximum Gasteiger partial charge on any atom is 0.315 e. The number of rotatable bonds is 4. The first-order valence-corrected chi connectivity index (χ1v) is 9.06. The Kier molecular flexibility index (Phi) is 3.63. The normalized spacial score (nSPS) is 27.1. The summed E-state index contributed by atoms with van der Waals surface area (Å²) in [4.78, 5) is 18.7. The molecule has 3 aliphatic rings. The van der Waals surface area contributed by atoms with Gasteiger partial charge in [-0.1, -0.05) is 5.10 Å². The molecule has 0 saturated heterocycles. The van der Waals surface area contributed by atoms with Crippen LogP contribution in [-0.2, 0) is 4.79 Å². The highest BCUT2D eigenvalue weighted by atomic mass is 19.1. The van der Waals surface area contributed by atoms with E-state index < -0.39 is 17.7 Å². The molecular weight excluding hydrogens is 353 g/mol. The smallest absolute Gasteiger partial charge is 0.315 e. The van der Waals surface area contributed by atoms with Crippen molar-refractivity contribution in [2.75, 3.05) is 5.32 Å². The van der Waals surface area contributed by atoms with Gasteiger partial charge in [-0.3, -0.25) is 4.79 Å². The number of H-pyrrole nitrogens is 1. The molecule has 1 unspecified atom stereocenters. The van der Waals surface area contributed by atoms with Gasteiger partial charge in [0.25, 0.3) is 5.89 Å². The van der Waals surface area contributed by atoms with Crippen LogP contribution in [0, 0.1) is 23.6 Å². The molecule has 0 aliphatic heterocycles. The van der Waals surface area contributed by atoms with Crippen LogP contribution in [0.1, 0.15) is 25.7 Å². The van der Waals surface area contributed by atoms with E-state index in [9.17, 15) is 14.3 Å². The summed E-state index contributed by atoms with van der Waals surface area (Å²) in [6.45, 7) is 0. The lowest BCUT2D eigenvalue weighted by Crippen LogP contribution is -2.51. The number of aromatic nitrogens is 4. The molecule has 0 radical (unpaired) electrons. The highest BCUT2D eigenvalue weighted by Gasteiger charge is 2.47. The second-order valence-corrected chi connectivity index (χ2v) is 7.37. The predicted octanol–water partition coefficient (Wildman–Crippen LogP) is 3.05. The average Bonchev–Trinajstić information content (AvgIpc) is 3.28. The first-order chi connectivity index (χ1) is 13.1. The van der Waals surface area contributed by atoms with Crippen LogP contribution in [0.15, 0.2) is 22.9 Å². The lowest BCUT2D eigenvalue weighted by molar-refractivity contribution is -0.148. The van der Waals surface area contributed by atoms with Crippen LogP contribution >= 0.6 is 0 Å². The Morgan fingerprint density at radius 3 is 2.81 bits per heavy atom. The molecule has 3 aromatic heterocycles. The van der Waals surface area contributed by atoms with Gasteiger partial charge in [0, 0.05) is 17.6 Å². The summed E-state index contributed by atoms with van der Waals surface area (Å²) >= 11 is 0. The van der Waals surface area contributed by atoms with Gasteiger partial charge in [0.1, 0.15) is 11.5 Å². The maximum absolute atomic E-state index is 13.5. The van der Waals surface area contributed by atoms with E-state index in [2.05, 4.69) is 25.5 Å². The van der Waals surface area contributed by atoms with Gasteiger partial charge >= 0.3 is 12.0 Å². The van der Waals surface area contributed by atoms with Gasteiger partial charge in [-0.25, -0.2) is 9.37 Å². The first-order valence-electron chi connectivity index (χ1n) is 9.06. The van der Waals surface area contributed by atoms with Crippen LogP contribution in [0.25, 0.3) is 22.5 Å². The van der Waals surface area contributed by atoms with Crippen LogP contribution in [0.2, 0.25) is 0 Å². The highest BCUT2D eigenvalue weighted by molar-refractivity contribution is 5.91. The molecule has 0 spiro atoms. The second-order valence-electron chi connectivity index (χ2n) is 7.37. The van der Waals surface area contributed by atoms with Crippen molar-refractivity contribution < 1.29 is 18.7 Å². The Balaban J connectivity index is 1.43. The fraction of sp³-hybridized carbons (Fsp3) is 0.444. The van der Waals surface area contributed by atoms with Gasteiger partial charge in [0.2, 0.25) is 0 Å². The zero-order valence-corrected chi connectivity index (χ0v) is 14.4. The molecule has 140 valence electrons. The molecule has 8 nitrogen and oxygen atoms in total. The van der Waals surface area contributed by atoms with Crippen molar-refractivity contribution in [3.63, 3.8) is 0 Å². The summed E-state index contributed by atoms with van der Waals surface area (Å²) in [5.74, 6) is -0.973. The maximum atomic E-state index is 13.5. The number of aliphatic carboxylic acids is 1. The van der Waals surface area contributed by atoms with Crippen molar-refractivity contribution in [1.82, 2.24) is 20.2 Å². The van der Waals surface area contributed by atoms with Gasteiger partial charge in [-0.2, -0.15) is 0 Å². The topological polar surface area (TPSA) is 117 Å². The zero-order valence-electron chi connectivity index (χ0n) is 14.4. The molecule has 9 heteroatoms. The number of hydrogen-bond donors (Lipinski definition) is 3. The molecule has 6 rings (SSSR count). The van der Waals surface area contributed by atoms with E-state index in [1.54, 1.807) is 6.20 Å². The molecule has 3 aromatic rings. The summed E-state index contributed by atoms with van der Waals surface area (Å²) in [7, 11) is 0. The van der Waals surface area contributed by atoms with Crippen LogP contribution in [-0.4, -0.2) is 37.3 Å². The summed E-state index contributed by atoms with van der Waals surface area (Å²) in [6.07, 6.45) is 6.72. The third kappa shape index (κ3) is 2.65. The summed E-state index contributed by atoms with van der Waals surface area (Å²) < 4.78 is 19.2. The number of anilines is 1. The number of halogens is 1. The molecule has 3 fully saturated rings. The van der Waals surface area contributed by atoms with Crippen LogP contribution in [0.5, 0.6) is 0 Å². The van der Waals surface area contributed by atoms with Crippen LogP contribution in [0.4, 0.5) is 10.4 Å². The minimum Gasteiger partial charge on any atom is -0.481 e. The molecule has 27 heavy (non-hydrogen) atoms. The van der Waals surface area contributed by atoms with Gasteiger partial charge in [0.05, 0.1) is 17.7 Å². The number of carboxylic acid groups (broad SMARTS) is 1. The van der Waals surface area contributed by atoms with E-state index in [0.29, 0.717) is 16.6 Å². The van der Waals surface area contributed by atoms with Crippen molar-refractivity contribution >= 4 is 23.0 Å². The van der Waals surface area contributed by atoms with Gasteiger partial charge < -0.3 is 19.8 Å². The highest BCUT2D eigenvalue weighted by Crippen LogP contribution is 2.46. The number of nitrogens with zero attached hydrogens (tertiary/aromatic N) is 3. The molecule has 2 atom stereocenters. The SMILES string of the molecule is O=C(O)[C@H]1C2CCC(CC2)C1Nc1nnc(-c2c[nH]c3ncc(F)cc23)o1. The molecular formula is C18H18FN5O3. The summed E-state index contributed by atoms with van der Waals surface area (Å²) in [5, 5.41) is 21.4. The second kappa shape index (κ2) is 6.04. The summed E-state index contributed by atoms with van der Waals surface area (Å²) in [6, 6.07) is 1.32.